The SMILES string of the molecule is CCc1ccccc1N=C1S/C(=C/c2ccccc2C)C(=O)N1C1CCCCC1. The van der Waals surface area contributed by atoms with Crippen LogP contribution in [0.2, 0.25) is 0 Å². The Morgan fingerprint density at radius 2 is 1.79 bits per heavy atom. The first-order valence-electron chi connectivity index (χ1n) is 10.6. The number of thioether (sulfide) groups is 1. The van der Waals surface area contributed by atoms with Gasteiger partial charge in [-0.1, -0.05) is 68.7 Å². The Kier molecular flexibility index (Phi) is 6.19. The van der Waals surface area contributed by atoms with E-state index in [9.17, 15) is 4.79 Å². The summed E-state index contributed by atoms with van der Waals surface area (Å²) in [5.41, 5.74) is 4.47. The lowest BCUT2D eigenvalue weighted by Gasteiger charge is -2.30. The third-order valence-electron chi connectivity index (χ3n) is 5.84. The molecule has 2 aromatic rings. The highest BCUT2D eigenvalue weighted by Crippen LogP contribution is 2.39. The van der Waals surface area contributed by atoms with Gasteiger partial charge in [0, 0.05) is 6.04 Å². The van der Waals surface area contributed by atoms with Crippen molar-refractivity contribution < 1.29 is 4.79 Å². The van der Waals surface area contributed by atoms with Gasteiger partial charge in [0.2, 0.25) is 0 Å². The summed E-state index contributed by atoms with van der Waals surface area (Å²) in [6, 6.07) is 16.7. The zero-order chi connectivity index (χ0) is 20.2. The summed E-state index contributed by atoms with van der Waals surface area (Å²) in [6.45, 7) is 4.23. The van der Waals surface area contributed by atoms with Crippen molar-refractivity contribution in [1.82, 2.24) is 4.90 Å². The van der Waals surface area contributed by atoms with E-state index in [1.807, 2.05) is 29.2 Å². The second-order valence-corrected chi connectivity index (χ2v) is 8.82. The van der Waals surface area contributed by atoms with Crippen LogP contribution in [0.1, 0.15) is 55.7 Å². The number of hydrogen-bond acceptors (Lipinski definition) is 3. The maximum absolute atomic E-state index is 13.4. The molecule has 1 amide bonds. The highest BCUT2D eigenvalue weighted by Gasteiger charge is 2.38. The Morgan fingerprint density at radius 1 is 1.07 bits per heavy atom. The Labute approximate surface area is 177 Å². The molecule has 1 heterocycles. The van der Waals surface area contributed by atoms with E-state index < -0.39 is 0 Å². The van der Waals surface area contributed by atoms with E-state index in [1.54, 1.807) is 0 Å². The second kappa shape index (κ2) is 9.00. The Morgan fingerprint density at radius 3 is 2.55 bits per heavy atom. The zero-order valence-corrected chi connectivity index (χ0v) is 18.0. The van der Waals surface area contributed by atoms with Crippen molar-refractivity contribution in [2.45, 2.75) is 58.4 Å². The number of benzene rings is 2. The molecular weight excluding hydrogens is 376 g/mol. The van der Waals surface area contributed by atoms with Crippen LogP contribution in [-0.4, -0.2) is 22.0 Å². The van der Waals surface area contributed by atoms with Crippen LogP contribution in [0.25, 0.3) is 6.08 Å². The van der Waals surface area contributed by atoms with Gasteiger partial charge in [-0.3, -0.25) is 9.69 Å². The monoisotopic (exact) mass is 404 g/mol. The molecule has 1 saturated heterocycles. The highest BCUT2D eigenvalue weighted by atomic mass is 32.2. The fourth-order valence-electron chi connectivity index (χ4n) is 4.14. The van der Waals surface area contributed by atoms with Crippen LogP contribution in [0.4, 0.5) is 5.69 Å². The van der Waals surface area contributed by atoms with Crippen molar-refractivity contribution >= 4 is 34.6 Å². The van der Waals surface area contributed by atoms with Gasteiger partial charge in [0.25, 0.3) is 5.91 Å². The molecule has 0 unspecified atom stereocenters. The molecule has 2 aromatic carbocycles. The molecule has 4 heteroatoms. The first-order valence-corrected chi connectivity index (χ1v) is 11.4. The van der Waals surface area contributed by atoms with Gasteiger partial charge in [0.15, 0.2) is 5.17 Å². The molecule has 0 atom stereocenters. The molecule has 1 aliphatic carbocycles. The fraction of sp³-hybridized carbons (Fsp3) is 0.360. The molecule has 1 aliphatic heterocycles. The summed E-state index contributed by atoms with van der Waals surface area (Å²) in [5, 5.41) is 0.836. The van der Waals surface area contributed by atoms with Gasteiger partial charge < -0.3 is 0 Å². The molecule has 4 rings (SSSR count). The predicted molar refractivity (Wildman–Crippen MR) is 123 cm³/mol. The number of amides is 1. The first-order chi connectivity index (χ1) is 14.2. The maximum Gasteiger partial charge on any atom is 0.267 e. The molecule has 1 saturated carbocycles. The van der Waals surface area contributed by atoms with Gasteiger partial charge in [-0.15, -0.1) is 0 Å². The van der Waals surface area contributed by atoms with Crippen molar-refractivity contribution in [2.75, 3.05) is 0 Å². The van der Waals surface area contributed by atoms with Crippen molar-refractivity contribution in [1.29, 1.82) is 0 Å². The molecule has 0 spiro atoms. The van der Waals surface area contributed by atoms with Crippen molar-refractivity contribution in [2.24, 2.45) is 4.99 Å². The summed E-state index contributed by atoms with van der Waals surface area (Å²) in [4.78, 5) is 21.2. The third kappa shape index (κ3) is 4.32. The van der Waals surface area contributed by atoms with Crippen LogP contribution in [0.5, 0.6) is 0 Å². The number of hydrogen-bond donors (Lipinski definition) is 0. The van der Waals surface area contributed by atoms with Gasteiger partial charge >= 0.3 is 0 Å². The van der Waals surface area contributed by atoms with E-state index in [1.165, 1.54) is 42.2 Å². The van der Waals surface area contributed by atoms with Crippen molar-refractivity contribution in [3.63, 3.8) is 0 Å². The third-order valence-corrected chi connectivity index (χ3v) is 6.82. The van der Waals surface area contributed by atoms with Crippen molar-refractivity contribution in [3.8, 4) is 0 Å². The molecule has 2 aliphatic rings. The average molecular weight is 405 g/mol. The number of amidine groups is 1. The second-order valence-electron chi connectivity index (χ2n) is 7.81. The largest absolute Gasteiger partial charge is 0.283 e. The summed E-state index contributed by atoms with van der Waals surface area (Å²) >= 11 is 1.53. The average Bonchev–Trinajstić information content (AvgIpc) is 3.05. The number of nitrogens with zero attached hydrogens (tertiary/aromatic N) is 2. The highest BCUT2D eigenvalue weighted by molar-refractivity contribution is 8.18. The van der Waals surface area contributed by atoms with Crippen LogP contribution in [0, 0.1) is 6.92 Å². The minimum Gasteiger partial charge on any atom is -0.283 e. The van der Waals surface area contributed by atoms with Gasteiger partial charge in [-0.25, -0.2) is 4.99 Å². The van der Waals surface area contributed by atoms with E-state index in [0.29, 0.717) is 0 Å². The molecule has 150 valence electrons. The standard InChI is InChI=1S/C25H28N2OS/c1-3-19-12-9-10-16-22(19)26-25-27(21-14-5-4-6-15-21)24(28)23(29-25)17-20-13-8-7-11-18(20)2/h7-13,16-17,21H,3-6,14-15H2,1-2H3/b23-17+,26-25?. The number of aliphatic imine (C=N–C) groups is 1. The lowest BCUT2D eigenvalue weighted by atomic mass is 9.94. The maximum atomic E-state index is 13.4. The van der Waals surface area contributed by atoms with E-state index in [2.05, 4.69) is 44.2 Å². The summed E-state index contributed by atoms with van der Waals surface area (Å²) in [7, 11) is 0. The molecule has 0 radical (unpaired) electrons. The Balaban J connectivity index is 1.74. The van der Waals surface area contributed by atoms with E-state index in [4.69, 9.17) is 4.99 Å². The minimum absolute atomic E-state index is 0.109. The Hall–Kier alpha value is -2.33. The number of para-hydroxylation sites is 1. The minimum atomic E-state index is 0.109. The van der Waals surface area contributed by atoms with E-state index >= 15 is 0 Å². The van der Waals surface area contributed by atoms with E-state index in [-0.39, 0.29) is 11.9 Å². The summed E-state index contributed by atoms with van der Waals surface area (Å²) in [6.07, 6.45) is 8.75. The fourth-order valence-corrected chi connectivity index (χ4v) is 5.18. The first kappa shape index (κ1) is 20.0. The lowest BCUT2D eigenvalue weighted by Crippen LogP contribution is -2.40. The van der Waals surface area contributed by atoms with Crippen LogP contribution < -0.4 is 0 Å². The molecule has 0 aromatic heterocycles. The van der Waals surface area contributed by atoms with Crippen LogP contribution in [0.3, 0.4) is 0 Å². The molecule has 3 nitrogen and oxygen atoms in total. The zero-order valence-electron chi connectivity index (χ0n) is 17.2. The molecule has 0 bridgehead atoms. The van der Waals surface area contributed by atoms with Gasteiger partial charge in [0.05, 0.1) is 10.6 Å². The smallest absolute Gasteiger partial charge is 0.267 e. The molecular formula is C25H28N2OS. The van der Waals surface area contributed by atoms with Crippen LogP contribution in [0.15, 0.2) is 58.4 Å². The van der Waals surface area contributed by atoms with Gasteiger partial charge in [0.1, 0.15) is 0 Å². The lowest BCUT2D eigenvalue weighted by molar-refractivity contribution is -0.124. The molecule has 29 heavy (non-hydrogen) atoms. The summed E-state index contributed by atoms with van der Waals surface area (Å²) in [5.74, 6) is 0.109. The van der Waals surface area contributed by atoms with Crippen molar-refractivity contribution in [3.05, 3.63) is 70.1 Å². The quantitative estimate of drug-likeness (QED) is 0.545. The van der Waals surface area contributed by atoms with Gasteiger partial charge in [-0.05, 0) is 66.8 Å². The Bertz CT molecular complexity index is 957. The number of carbonyl (C=O) groups is 1. The van der Waals surface area contributed by atoms with E-state index in [0.717, 1.165) is 40.6 Å². The normalized spacial score (nSPS) is 20.8. The molecule has 2 fully saturated rings. The number of rotatable bonds is 4. The number of carbonyl (C=O) groups excluding carboxylic acids is 1. The predicted octanol–water partition coefficient (Wildman–Crippen LogP) is 6.49. The van der Waals surface area contributed by atoms with Gasteiger partial charge in [-0.2, -0.15) is 0 Å². The van der Waals surface area contributed by atoms with Crippen LogP contribution in [-0.2, 0) is 11.2 Å². The number of aryl methyl sites for hydroxylation is 2. The van der Waals surface area contributed by atoms with Crippen LogP contribution >= 0.6 is 11.8 Å². The summed E-state index contributed by atoms with van der Waals surface area (Å²) < 4.78 is 0. The molecule has 0 N–H and O–H groups in total. The topological polar surface area (TPSA) is 32.7 Å².